The number of fused-ring (bicyclic) bond motifs is 1. The van der Waals surface area contributed by atoms with Gasteiger partial charge in [0.2, 0.25) is 0 Å². The second kappa shape index (κ2) is 8.00. The van der Waals surface area contributed by atoms with Crippen molar-refractivity contribution in [1.29, 1.82) is 0 Å². The molecule has 0 aliphatic heterocycles. The van der Waals surface area contributed by atoms with Crippen LogP contribution in [-0.4, -0.2) is 12.0 Å². The van der Waals surface area contributed by atoms with Gasteiger partial charge in [0.05, 0.1) is 6.04 Å². The zero-order chi connectivity index (χ0) is 18.5. The fourth-order valence-corrected chi connectivity index (χ4v) is 2.87. The van der Waals surface area contributed by atoms with Crippen LogP contribution in [0.2, 0.25) is 0 Å². The Hall–Kier alpha value is -2.88. The van der Waals surface area contributed by atoms with Crippen molar-refractivity contribution in [1.82, 2.24) is 5.32 Å². The number of carbonyl (C=O) groups excluding carboxylic acids is 1. The summed E-state index contributed by atoms with van der Waals surface area (Å²) in [6.45, 7) is 3.78. The van der Waals surface area contributed by atoms with Crippen LogP contribution < -0.4 is 10.1 Å². The summed E-state index contributed by atoms with van der Waals surface area (Å²) in [4.78, 5) is 12.6. The van der Waals surface area contributed by atoms with Gasteiger partial charge in [-0.1, -0.05) is 49.4 Å². The highest BCUT2D eigenvalue weighted by Crippen LogP contribution is 2.22. The number of ether oxygens (including phenoxy) is 1. The van der Waals surface area contributed by atoms with Crippen molar-refractivity contribution in [2.24, 2.45) is 0 Å². The van der Waals surface area contributed by atoms with Crippen molar-refractivity contribution in [3.63, 3.8) is 0 Å². The molecule has 3 aromatic rings. The van der Waals surface area contributed by atoms with Crippen LogP contribution in [0.3, 0.4) is 0 Å². The maximum Gasteiger partial charge on any atom is 0.261 e. The van der Waals surface area contributed by atoms with Crippen molar-refractivity contribution < 1.29 is 13.9 Å². The minimum Gasteiger partial charge on any atom is -0.481 e. The second-order valence-electron chi connectivity index (χ2n) is 6.31. The summed E-state index contributed by atoms with van der Waals surface area (Å²) in [5, 5.41) is 5.13. The van der Waals surface area contributed by atoms with Gasteiger partial charge < -0.3 is 10.1 Å². The Bertz CT molecular complexity index is 892. The van der Waals surface area contributed by atoms with Gasteiger partial charge in [-0.05, 0) is 53.9 Å². The number of hydrogen-bond acceptors (Lipinski definition) is 2. The Labute approximate surface area is 152 Å². The van der Waals surface area contributed by atoms with E-state index < -0.39 is 6.10 Å². The molecule has 4 heteroatoms. The Morgan fingerprint density at radius 1 is 1.04 bits per heavy atom. The first kappa shape index (κ1) is 17.9. The quantitative estimate of drug-likeness (QED) is 0.678. The van der Waals surface area contributed by atoms with Gasteiger partial charge in [-0.15, -0.1) is 0 Å². The second-order valence-corrected chi connectivity index (χ2v) is 6.31. The number of carbonyl (C=O) groups is 1. The van der Waals surface area contributed by atoms with Gasteiger partial charge in [0.25, 0.3) is 5.91 Å². The van der Waals surface area contributed by atoms with E-state index in [0.29, 0.717) is 12.2 Å². The summed E-state index contributed by atoms with van der Waals surface area (Å²) in [6.07, 6.45) is -0.0338. The van der Waals surface area contributed by atoms with E-state index in [-0.39, 0.29) is 17.8 Å². The van der Waals surface area contributed by atoms with Crippen LogP contribution in [0, 0.1) is 5.82 Å². The van der Waals surface area contributed by atoms with Crippen molar-refractivity contribution in [2.75, 3.05) is 0 Å². The van der Waals surface area contributed by atoms with Crippen molar-refractivity contribution in [2.45, 2.75) is 32.4 Å². The van der Waals surface area contributed by atoms with Gasteiger partial charge in [0.15, 0.2) is 6.10 Å². The number of rotatable bonds is 6. The molecular formula is C22H22FNO2. The highest BCUT2D eigenvalue weighted by molar-refractivity contribution is 5.84. The van der Waals surface area contributed by atoms with Gasteiger partial charge in [0, 0.05) is 0 Å². The number of amides is 1. The predicted octanol–water partition coefficient (Wildman–Crippen LogP) is 5.01. The van der Waals surface area contributed by atoms with Gasteiger partial charge in [-0.3, -0.25) is 4.79 Å². The normalized spacial score (nSPS) is 13.2. The largest absolute Gasteiger partial charge is 0.481 e. The van der Waals surface area contributed by atoms with E-state index >= 15 is 0 Å². The van der Waals surface area contributed by atoms with Crippen LogP contribution in [0.5, 0.6) is 5.75 Å². The molecule has 3 rings (SSSR count). The Kier molecular flexibility index (Phi) is 5.52. The van der Waals surface area contributed by atoms with Crippen LogP contribution >= 0.6 is 0 Å². The molecular weight excluding hydrogens is 329 g/mol. The zero-order valence-electron chi connectivity index (χ0n) is 14.9. The maximum atomic E-state index is 13.0. The van der Waals surface area contributed by atoms with E-state index in [1.165, 1.54) is 12.1 Å². The van der Waals surface area contributed by atoms with Crippen molar-refractivity contribution in [3.8, 4) is 5.75 Å². The fourth-order valence-electron chi connectivity index (χ4n) is 2.87. The first-order valence-corrected chi connectivity index (χ1v) is 8.78. The molecule has 2 atom stereocenters. The molecule has 1 amide bonds. The van der Waals surface area contributed by atoms with E-state index in [0.717, 1.165) is 16.3 Å². The van der Waals surface area contributed by atoms with E-state index in [4.69, 9.17) is 4.74 Å². The molecule has 0 heterocycles. The first-order valence-electron chi connectivity index (χ1n) is 8.78. The highest BCUT2D eigenvalue weighted by atomic mass is 19.1. The first-order chi connectivity index (χ1) is 12.6. The predicted molar refractivity (Wildman–Crippen MR) is 102 cm³/mol. The molecule has 26 heavy (non-hydrogen) atoms. The number of benzene rings is 3. The monoisotopic (exact) mass is 351 g/mol. The lowest BCUT2D eigenvalue weighted by Crippen LogP contribution is -2.39. The van der Waals surface area contributed by atoms with Gasteiger partial charge >= 0.3 is 0 Å². The third-order valence-electron chi connectivity index (χ3n) is 4.39. The molecule has 0 saturated carbocycles. The summed E-state index contributed by atoms with van der Waals surface area (Å²) < 4.78 is 19.0. The molecule has 3 nitrogen and oxygen atoms in total. The standard InChI is InChI=1S/C22H22FNO2/c1-3-21(22(25)24-15(2)16-8-11-19(23)12-9-16)26-20-13-10-17-6-4-5-7-18(17)14-20/h4-15,21H,3H2,1-2H3,(H,24,25)/t15-,21-/m0/s1. The molecule has 0 spiro atoms. The van der Waals surface area contributed by atoms with Crippen LogP contribution in [0.15, 0.2) is 66.7 Å². The molecule has 134 valence electrons. The van der Waals surface area contributed by atoms with Gasteiger partial charge in [-0.25, -0.2) is 4.39 Å². The number of halogens is 1. The molecule has 0 radical (unpaired) electrons. The van der Waals surface area contributed by atoms with Gasteiger partial charge in [-0.2, -0.15) is 0 Å². The lowest BCUT2D eigenvalue weighted by Gasteiger charge is -2.21. The Balaban J connectivity index is 1.68. The summed E-state index contributed by atoms with van der Waals surface area (Å²) >= 11 is 0. The Morgan fingerprint density at radius 3 is 2.42 bits per heavy atom. The van der Waals surface area contributed by atoms with Crippen LogP contribution in [0.4, 0.5) is 4.39 Å². The van der Waals surface area contributed by atoms with Crippen LogP contribution in [-0.2, 0) is 4.79 Å². The van der Waals surface area contributed by atoms with E-state index in [9.17, 15) is 9.18 Å². The molecule has 0 aromatic heterocycles. The lowest BCUT2D eigenvalue weighted by molar-refractivity contribution is -0.128. The molecule has 0 saturated heterocycles. The minimum absolute atomic E-state index is 0.183. The lowest BCUT2D eigenvalue weighted by atomic mass is 10.1. The molecule has 0 unspecified atom stereocenters. The third kappa shape index (κ3) is 4.20. The summed E-state index contributed by atoms with van der Waals surface area (Å²) in [6, 6.07) is 19.7. The fraction of sp³-hybridized carbons (Fsp3) is 0.227. The summed E-state index contributed by atoms with van der Waals surface area (Å²) in [7, 11) is 0. The van der Waals surface area contributed by atoms with E-state index in [1.807, 2.05) is 56.3 Å². The van der Waals surface area contributed by atoms with E-state index in [2.05, 4.69) is 5.32 Å². The summed E-state index contributed by atoms with van der Waals surface area (Å²) in [5.41, 5.74) is 0.848. The Morgan fingerprint density at radius 2 is 1.73 bits per heavy atom. The zero-order valence-corrected chi connectivity index (χ0v) is 14.9. The number of nitrogens with one attached hydrogen (secondary N) is 1. The molecule has 1 N–H and O–H groups in total. The van der Waals surface area contributed by atoms with E-state index in [1.54, 1.807) is 12.1 Å². The van der Waals surface area contributed by atoms with Crippen LogP contribution in [0.25, 0.3) is 10.8 Å². The summed E-state index contributed by atoms with van der Waals surface area (Å²) in [5.74, 6) is 0.191. The average Bonchev–Trinajstić information content (AvgIpc) is 2.66. The smallest absolute Gasteiger partial charge is 0.261 e. The minimum atomic E-state index is -0.584. The average molecular weight is 351 g/mol. The van der Waals surface area contributed by atoms with Crippen molar-refractivity contribution in [3.05, 3.63) is 78.1 Å². The molecule has 0 bridgehead atoms. The molecule has 0 fully saturated rings. The maximum absolute atomic E-state index is 13.0. The SMILES string of the molecule is CC[C@H](Oc1ccc2ccccc2c1)C(=O)N[C@@H](C)c1ccc(F)cc1. The molecule has 3 aromatic carbocycles. The van der Waals surface area contributed by atoms with Gasteiger partial charge in [0.1, 0.15) is 11.6 Å². The number of hydrogen-bond donors (Lipinski definition) is 1. The highest BCUT2D eigenvalue weighted by Gasteiger charge is 2.20. The molecule has 0 aliphatic rings. The van der Waals surface area contributed by atoms with Crippen LogP contribution in [0.1, 0.15) is 31.9 Å². The third-order valence-corrected chi connectivity index (χ3v) is 4.39. The molecule has 0 aliphatic carbocycles. The van der Waals surface area contributed by atoms with Crippen molar-refractivity contribution >= 4 is 16.7 Å². The topological polar surface area (TPSA) is 38.3 Å².